The Kier molecular flexibility index (Phi) is 6.21. The van der Waals surface area contributed by atoms with Crippen LogP contribution >= 0.6 is 0 Å². The Morgan fingerprint density at radius 2 is 1.96 bits per heavy atom. The minimum absolute atomic E-state index is 0.197. The van der Waals surface area contributed by atoms with Gasteiger partial charge in [0.25, 0.3) is 5.91 Å². The van der Waals surface area contributed by atoms with Crippen molar-refractivity contribution in [3.8, 4) is 11.8 Å². The van der Waals surface area contributed by atoms with Crippen LogP contribution in [-0.2, 0) is 6.42 Å². The van der Waals surface area contributed by atoms with Crippen molar-refractivity contribution in [3.05, 3.63) is 83.7 Å². The fraction of sp³-hybridized carbons (Fsp3) is 0.136. The molecule has 2 aromatic carbocycles. The van der Waals surface area contributed by atoms with Crippen LogP contribution in [-0.4, -0.2) is 24.5 Å². The van der Waals surface area contributed by atoms with Gasteiger partial charge in [0.1, 0.15) is 5.75 Å². The Bertz CT molecular complexity index is 1010. The molecule has 0 unspecified atom stereocenters. The molecule has 6 nitrogen and oxygen atoms in total. The zero-order valence-corrected chi connectivity index (χ0v) is 15.5. The predicted octanol–water partition coefficient (Wildman–Crippen LogP) is 3.68. The molecule has 0 spiro atoms. The van der Waals surface area contributed by atoms with Crippen molar-refractivity contribution >= 4 is 17.3 Å². The molecule has 140 valence electrons. The summed E-state index contributed by atoms with van der Waals surface area (Å²) in [5, 5.41) is 15.1. The first kappa shape index (κ1) is 18.9. The van der Waals surface area contributed by atoms with E-state index in [9.17, 15) is 4.79 Å². The summed E-state index contributed by atoms with van der Waals surface area (Å²) in [6.45, 7) is 0.487. The second-order valence-corrected chi connectivity index (χ2v) is 6.10. The van der Waals surface area contributed by atoms with Gasteiger partial charge in [0.05, 0.1) is 36.2 Å². The highest BCUT2D eigenvalue weighted by molar-refractivity contribution is 5.94. The van der Waals surface area contributed by atoms with E-state index in [2.05, 4.69) is 21.7 Å². The molecule has 0 aliphatic heterocycles. The molecular formula is C22H20N4O2. The molecule has 3 aromatic rings. The molecule has 28 heavy (non-hydrogen) atoms. The molecular weight excluding hydrogens is 352 g/mol. The summed E-state index contributed by atoms with van der Waals surface area (Å²) in [4.78, 5) is 16.6. The van der Waals surface area contributed by atoms with Crippen molar-refractivity contribution in [1.82, 2.24) is 10.3 Å². The van der Waals surface area contributed by atoms with Crippen LogP contribution in [0.4, 0.5) is 11.4 Å². The van der Waals surface area contributed by atoms with E-state index in [1.165, 1.54) is 6.20 Å². The molecule has 1 heterocycles. The molecule has 0 aliphatic rings. The molecule has 2 N–H and O–H groups in total. The lowest BCUT2D eigenvalue weighted by molar-refractivity contribution is 0.0953. The molecule has 6 heteroatoms. The largest absolute Gasteiger partial charge is 0.496 e. The summed E-state index contributed by atoms with van der Waals surface area (Å²) in [6.07, 6.45) is 3.82. The monoisotopic (exact) mass is 372 g/mol. The summed E-state index contributed by atoms with van der Waals surface area (Å²) in [7, 11) is 1.63. The average Bonchev–Trinajstić information content (AvgIpc) is 2.74. The van der Waals surface area contributed by atoms with Gasteiger partial charge in [-0.3, -0.25) is 9.78 Å². The van der Waals surface area contributed by atoms with Gasteiger partial charge in [-0.2, -0.15) is 5.26 Å². The summed E-state index contributed by atoms with van der Waals surface area (Å²) in [5.41, 5.74) is 3.49. The third-order valence-corrected chi connectivity index (χ3v) is 4.15. The van der Waals surface area contributed by atoms with Crippen LogP contribution in [0.25, 0.3) is 0 Å². The number of hydrogen-bond acceptors (Lipinski definition) is 5. The fourth-order valence-corrected chi connectivity index (χ4v) is 2.79. The Balaban J connectivity index is 1.61. The molecule has 0 saturated carbocycles. The quantitative estimate of drug-likeness (QED) is 0.661. The van der Waals surface area contributed by atoms with Crippen molar-refractivity contribution in [1.29, 1.82) is 5.26 Å². The Hall–Kier alpha value is -3.85. The highest BCUT2D eigenvalue weighted by Gasteiger charge is 2.08. The lowest BCUT2D eigenvalue weighted by Gasteiger charge is -2.10. The van der Waals surface area contributed by atoms with Gasteiger partial charge >= 0.3 is 0 Å². The number of benzene rings is 2. The molecule has 0 saturated heterocycles. The van der Waals surface area contributed by atoms with E-state index < -0.39 is 0 Å². The maximum absolute atomic E-state index is 12.4. The standard InChI is InChI=1S/C22H20N4O2/c1-28-21-8-3-2-6-17(21)9-10-25-22(27)18-12-20(15-24-14-18)26-19-7-4-5-16(11-19)13-23/h2-8,11-12,14-15,26H,9-10H2,1H3,(H,25,27). The Morgan fingerprint density at radius 3 is 2.79 bits per heavy atom. The lowest BCUT2D eigenvalue weighted by atomic mass is 10.1. The number of ether oxygens (including phenoxy) is 1. The smallest absolute Gasteiger partial charge is 0.252 e. The van der Waals surface area contributed by atoms with Crippen LogP contribution in [0.1, 0.15) is 21.5 Å². The van der Waals surface area contributed by atoms with E-state index in [0.29, 0.717) is 29.8 Å². The number of hydrogen-bond donors (Lipinski definition) is 2. The molecule has 0 aliphatic carbocycles. The van der Waals surface area contributed by atoms with Crippen molar-refractivity contribution in [2.45, 2.75) is 6.42 Å². The topological polar surface area (TPSA) is 87.0 Å². The van der Waals surface area contributed by atoms with Crippen molar-refractivity contribution in [2.75, 3.05) is 19.0 Å². The van der Waals surface area contributed by atoms with Gasteiger partial charge in [-0.05, 0) is 42.3 Å². The van der Waals surface area contributed by atoms with E-state index in [1.807, 2.05) is 30.3 Å². The third kappa shape index (κ3) is 4.86. The number of para-hydroxylation sites is 1. The molecule has 0 bridgehead atoms. The number of amides is 1. The van der Waals surface area contributed by atoms with Gasteiger partial charge in [-0.1, -0.05) is 24.3 Å². The van der Waals surface area contributed by atoms with Crippen LogP contribution in [0, 0.1) is 11.3 Å². The predicted molar refractivity (Wildman–Crippen MR) is 108 cm³/mol. The van der Waals surface area contributed by atoms with Gasteiger partial charge in [0.15, 0.2) is 0 Å². The Labute approximate surface area is 163 Å². The number of nitrogens with one attached hydrogen (secondary N) is 2. The SMILES string of the molecule is COc1ccccc1CCNC(=O)c1cncc(Nc2cccc(C#N)c2)c1. The first-order valence-electron chi connectivity index (χ1n) is 8.82. The van der Waals surface area contributed by atoms with Crippen LogP contribution in [0.2, 0.25) is 0 Å². The summed E-state index contributed by atoms with van der Waals surface area (Å²) in [6, 6.07) is 18.7. The number of nitriles is 1. The normalized spacial score (nSPS) is 10.0. The second-order valence-electron chi connectivity index (χ2n) is 6.10. The van der Waals surface area contributed by atoms with Crippen molar-refractivity contribution < 1.29 is 9.53 Å². The number of aromatic nitrogens is 1. The first-order valence-corrected chi connectivity index (χ1v) is 8.82. The Morgan fingerprint density at radius 1 is 1.11 bits per heavy atom. The summed E-state index contributed by atoms with van der Waals surface area (Å²) >= 11 is 0. The van der Waals surface area contributed by atoms with Crippen LogP contribution < -0.4 is 15.4 Å². The van der Waals surface area contributed by atoms with Gasteiger partial charge < -0.3 is 15.4 Å². The molecule has 0 radical (unpaired) electrons. The van der Waals surface area contributed by atoms with Gasteiger partial charge in [0, 0.05) is 18.4 Å². The van der Waals surface area contributed by atoms with Crippen LogP contribution in [0.3, 0.4) is 0 Å². The zero-order valence-electron chi connectivity index (χ0n) is 15.5. The van der Waals surface area contributed by atoms with E-state index in [-0.39, 0.29) is 5.91 Å². The van der Waals surface area contributed by atoms with Gasteiger partial charge in [0.2, 0.25) is 0 Å². The van der Waals surface area contributed by atoms with E-state index >= 15 is 0 Å². The summed E-state index contributed by atoms with van der Waals surface area (Å²) < 4.78 is 5.33. The third-order valence-electron chi connectivity index (χ3n) is 4.15. The van der Waals surface area contributed by atoms with Gasteiger partial charge in [-0.25, -0.2) is 0 Å². The number of anilines is 2. The maximum Gasteiger partial charge on any atom is 0.252 e. The minimum Gasteiger partial charge on any atom is -0.496 e. The lowest BCUT2D eigenvalue weighted by Crippen LogP contribution is -2.26. The van der Waals surface area contributed by atoms with Crippen LogP contribution in [0.5, 0.6) is 5.75 Å². The maximum atomic E-state index is 12.4. The number of carbonyl (C=O) groups excluding carboxylic acids is 1. The number of rotatable bonds is 7. The van der Waals surface area contributed by atoms with E-state index in [0.717, 1.165) is 17.0 Å². The number of carbonyl (C=O) groups is 1. The average molecular weight is 372 g/mol. The molecule has 3 rings (SSSR count). The van der Waals surface area contributed by atoms with Gasteiger partial charge in [-0.15, -0.1) is 0 Å². The number of methoxy groups -OCH3 is 1. The minimum atomic E-state index is -0.197. The first-order chi connectivity index (χ1) is 13.7. The van der Waals surface area contributed by atoms with Crippen molar-refractivity contribution in [3.63, 3.8) is 0 Å². The molecule has 1 aromatic heterocycles. The van der Waals surface area contributed by atoms with E-state index in [1.54, 1.807) is 37.6 Å². The van der Waals surface area contributed by atoms with Crippen molar-refractivity contribution in [2.24, 2.45) is 0 Å². The molecule has 1 amide bonds. The molecule has 0 fully saturated rings. The second kappa shape index (κ2) is 9.19. The van der Waals surface area contributed by atoms with Crippen LogP contribution in [0.15, 0.2) is 67.0 Å². The number of pyridine rings is 1. The highest BCUT2D eigenvalue weighted by Crippen LogP contribution is 2.19. The fourth-order valence-electron chi connectivity index (χ4n) is 2.79. The number of nitrogens with zero attached hydrogens (tertiary/aromatic N) is 2. The highest BCUT2D eigenvalue weighted by atomic mass is 16.5. The van der Waals surface area contributed by atoms with E-state index in [4.69, 9.17) is 10.00 Å². The zero-order chi connectivity index (χ0) is 19.8. The molecule has 0 atom stereocenters. The summed E-state index contributed by atoms with van der Waals surface area (Å²) in [5.74, 6) is 0.612.